The summed E-state index contributed by atoms with van der Waals surface area (Å²) in [5.41, 5.74) is 6.56. The van der Waals surface area contributed by atoms with Gasteiger partial charge >= 0.3 is 0 Å². The third kappa shape index (κ3) is 3.90. The van der Waals surface area contributed by atoms with E-state index in [-0.39, 0.29) is 24.4 Å². The Balaban J connectivity index is 0.00000210. The Labute approximate surface area is 167 Å². The Morgan fingerprint density at radius 2 is 1.74 bits per heavy atom. The molecule has 2 saturated carbocycles. The Morgan fingerprint density at radius 3 is 2.41 bits per heavy atom. The number of nitrogens with one attached hydrogen (secondary N) is 1. The van der Waals surface area contributed by atoms with Crippen LogP contribution in [-0.2, 0) is 10.2 Å². The van der Waals surface area contributed by atoms with Crippen LogP contribution < -0.4 is 20.5 Å². The van der Waals surface area contributed by atoms with Gasteiger partial charge in [0.15, 0.2) is 11.5 Å². The quantitative estimate of drug-likeness (QED) is 0.825. The highest BCUT2D eigenvalue weighted by Gasteiger charge is 2.42. The zero-order chi connectivity index (χ0) is 18.3. The van der Waals surface area contributed by atoms with Crippen LogP contribution >= 0.6 is 12.4 Å². The lowest BCUT2D eigenvalue weighted by atomic mass is 9.66. The number of ether oxygens (including phenoxy) is 2. The Hall–Kier alpha value is -1.46. The van der Waals surface area contributed by atoms with E-state index in [1.54, 1.807) is 0 Å². The highest BCUT2D eigenvalue weighted by atomic mass is 35.5. The summed E-state index contributed by atoms with van der Waals surface area (Å²) < 4.78 is 11.3. The fourth-order valence-electron chi connectivity index (χ4n) is 4.92. The molecule has 27 heavy (non-hydrogen) atoms. The number of benzene rings is 1. The standard InChI is InChI=1S/C21H30N2O3.ClH/c1-21(2,15-6-7-17-18(12-15)26-9-8-25-17)20(24)23-19-13-4-3-5-14(19)11-16(22)10-13;/h6-7,12-14,16,19H,3-5,8-11,22H2,1-2H3,(H,23,24);1H. The van der Waals surface area contributed by atoms with Crippen LogP contribution in [0.15, 0.2) is 18.2 Å². The van der Waals surface area contributed by atoms with Crippen molar-refractivity contribution in [1.82, 2.24) is 5.32 Å². The number of carbonyl (C=O) groups excluding carboxylic acids is 1. The SMILES string of the molecule is CC(C)(C(=O)NC1C2CCCC1CC(N)C2)c1ccc2c(c1)OCCO2.Cl. The first-order valence-electron chi connectivity index (χ1n) is 9.92. The van der Waals surface area contributed by atoms with Gasteiger partial charge in [0.1, 0.15) is 13.2 Å². The lowest BCUT2D eigenvalue weighted by molar-refractivity contribution is -0.128. The van der Waals surface area contributed by atoms with Gasteiger partial charge in [-0.2, -0.15) is 0 Å². The van der Waals surface area contributed by atoms with Gasteiger partial charge in [0, 0.05) is 12.1 Å². The number of hydrogen-bond donors (Lipinski definition) is 2. The molecule has 0 radical (unpaired) electrons. The Bertz CT molecular complexity index is 680. The molecule has 2 fully saturated rings. The topological polar surface area (TPSA) is 73.6 Å². The normalized spacial score (nSPS) is 29.4. The summed E-state index contributed by atoms with van der Waals surface area (Å²) in [6.07, 6.45) is 5.69. The molecule has 2 aliphatic carbocycles. The van der Waals surface area contributed by atoms with Crippen LogP contribution in [0.5, 0.6) is 11.5 Å². The van der Waals surface area contributed by atoms with Gasteiger partial charge in [0.2, 0.25) is 5.91 Å². The minimum Gasteiger partial charge on any atom is -0.486 e. The number of nitrogens with two attached hydrogens (primary N) is 1. The van der Waals surface area contributed by atoms with Gasteiger partial charge in [0.05, 0.1) is 5.41 Å². The average molecular weight is 395 g/mol. The van der Waals surface area contributed by atoms with Gasteiger partial charge in [0.25, 0.3) is 0 Å². The first-order valence-corrected chi connectivity index (χ1v) is 9.92. The molecule has 1 amide bonds. The van der Waals surface area contributed by atoms with Crippen molar-refractivity contribution >= 4 is 18.3 Å². The second-order valence-electron chi connectivity index (χ2n) is 8.67. The molecule has 1 aromatic rings. The van der Waals surface area contributed by atoms with Crippen molar-refractivity contribution in [2.24, 2.45) is 17.6 Å². The zero-order valence-electron chi connectivity index (χ0n) is 16.2. The van der Waals surface area contributed by atoms with Gasteiger partial charge in [-0.05, 0) is 69.1 Å². The Kier molecular flexibility index (Phi) is 5.92. The van der Waals surface area contributed by atoms with Crippen LogP contribution in [-0.4, -0.2) is 31.2 Å². The molecule has 5 nitrogen and oxygen atoms in total. The lowest BCUT2D eigenvalue weighted by Gasteiger charge is -2.46. The van der Waals surface area contributed by atoms with Gasteiger partial charge in [-0.1, -0.05) is 12.5 Å². The van der Waals surface area contributed by atoms with Crippen LogP contribution in [0.1, 0.15) is 51.5 Å². The van der Waals surface area contributed by atoms with Crippen LogP contribution in [0, 0.1) is 11.8 Å². The molecule has 2 unspecified atom stereocenters. The first-order chi connectivity index (χ1) is 12.4. The average Bonchev–Trinajstić information content (AvgIpc) is 2.62. The molecule has 3 N–H and O–H groups in total. The molecule has 0 aromatic heterocycles. The predicted molar refractivity (Wildman–Crippen MR) is 108 cm³/mol. The summed E-state index contributed by atoms with van der Waals surface area (Å²) >= 11 is 0. The van der Waals surface area contributed by atoms with E-state index < -0.39 is 5.41 Å². The van der Waals surface area contributed by atoms with E-state index >= 15 is 0 Å². The van der Waals surface area contributed by atoms with Gasteiger partial charge in [-0.15, -0.1) is 12.4 Å². The van der Waals surface area contributed by atoms with E-state index in [1.807, 2.05) is 32.0 Å². The summed E-state index contributed by atoms with van der Waals surface area (Å²) in [6, 6.07) is 6.40. The summed E-state index contributed by atoms with van der Waals surface area (Å²) in [5.74, 6) is 2.63. The predicted octanol–water partition coefficient (Wildman–Crippen LogP) is 3.18. The molecule has 1 aliphatic heterocycles. The van der Waals surface area contributed by atoms with E-state index in [1.165, 1.54) is 19.3 Å². The molecular weight excluding hydrogens is 364 g/mol. The van der Waals surface area contributed by atoms with Crippen LogP contribution in [0.2, 0.25) is 0 Å². The number of fused-ring (bicyclic) bond motifs is 3. The smallest absolute Gasteiger partial charge is 0.230 e. The summed E-state index contributed by atoms with van der Waals surface area (Å²) in [5, 5.41) is 3.39. The van der Waals surface area contributed by atoms with Crippen LogP contribution in [0.25, 0.3) is 0 Å². The van der Waals surface area contributed by atoms with Gasteiger partial charge in [-0.25, -0.2) is 0 Å². The second-order valence-corrected chi connectivity index (χ2v) is 8.67. The summed E-state index contributed by atoms with van der Waals surface area (Å²) in [6.45, 7) is 5.09. The first kappa shape index (κ1) is 20.3. The molecule has 150 valence electrons. The summed E-state index contributed by atoms with van der Waals surface area (Å²) in [4.78, 5) is 13.2. The minimum absolute atomic E-state index is 0. The van der Waals surface area contributed by atoms with E-state index in [0.29, 0.717) is 31.1 Å². The maximum Gasteiger partial charge on any atom is 0.230 e. The molecule has 2 bridgehead atoms. The number of halogens is 1. The number of carbonyl (C=O) groups is 1. The van der Waals surface area contributed by atoms with Crippen molar-refractivity contribution in [3.05, 3.63) is 23.8 Å². The Morgan fingerprint density at radius 1 is 1.11 bits per heavy atom. The maximum absolute atomic E-state index is 13.2. The largest absolute Gasteiger partial charge is 0.486 e. The molecule has 1 aromatic carbocycles. The molecule has 2 atom stereocenters. The number of hydrogen-bond acceptors (Lipinski definition) is 4. The molecule has 6 heteroatoms. The summed E-state index contributed by atoms with van der Waals surface area (Å²) in [7, 11) is 0. The lowest BCUT2D eigenvalue weighted by Crippen LogP contribution is -2.56. The highest BCUT2D eigenvalue weighted by Crippen LogP contribution is 2.41. The zero-order valence-corrected chi connectivity index (χ0v) is 17.0. The molecule has 4 rings (SSSR count). The highest BCUT2D eigenvalue weighted by molar-refractivity contribution is 5.88. The van der Waals surface area contributed by atoms with Gasteiger partial charge < -0.3 is 20.5 Å². The van der Waals surface area contributed by atoms with E-state index in [4.69, 9.17) is 15.2 Å². The van der Waals surface area contributed by atoms with Crippen molar-refractivity contribution in [2.45, 2.75) is 63.5 Å². The van der Waals surface area contributed by atoms with E-state index in [9.17, 15) is 4.79 Å². The number of amides is 1. The van der Waals surface area contributed by atoms with Crippen molar-refractivity contribution in [3.63, 3.8) is 0 Å². The van der Waals surface area contributed by atoms with Crippen molar-refractivity contribution in [2.75, 3.05) is 13.2 Å². The third-order valence-corrected chi connectivity index (χ3v) is 6.51. The van der Waals surface area contributed by atoms with Crippen LogP contribution in [0.4, 0.5) is 0 Å². The third-order valence-electron chi connectivity index (χ3n) is 6.51. The van der Waals surface area contributed by atoms with E-state index in [2.05, 4.69) is 5.32 Å². The molecule has 0 saturated heterocycles. The maximum atomic E-state index is 13.2. The second kappa shape index (κ2) is 7.88. The van der Waals surface area contributed by atoms with Crippen molar-refractivity contribution < 1.29 is 14.3 Å². The molecule has 3 aliphatic rings. The van der Waals surface area contributed by atoms with E-state index in [0.717, 1.165) is 29.9 Å². The molecule has 1 heterocycles. The monoisotopic (exact) mass is 394 g/mol. The van der Waals surface area contributed by atoms with Crippen molar-refractivity contribution in [3.8, 4) is 11.5 Å². The number of rotatable bonds is 3. The molecular formula is C21H31ClN2O3. The molecule has 0 spiro atoms. The minimum atomic E-state index is -0.621. The fourth-order valence-corrected chi connectivity index (χ4v) is 4.92. The van der Waals surface area contributed by atoms with Crippen LogP contribution in [0.3, 0.4) is 0 Å². The van der Waals surface area contributed by atoms with Gasteiger partial charge in [-0.3, -0.25) is 4.79 Å². The fraction of sp³-hybridized carbons (Fsp3) is 0.667. The van der Waals surface area contributed by atoms with Crippen molar-refractivity contribution in [1.29, 1.82) is 0 Å².